The maximum Gasteiger partial charge on any atom is 0.230 e. The fraction of sp³-hybridized carbons (Fsp3) is 0.440. The van der Waals surface area contributed by atoms with E-state index in [1.54, 1.807) is 26.4 Å². The molecule has 2 aliphatic rings. The monoisotopic (exact) mass is 466 g/mol. The van der Waals surface area contributed by atoms with E-state index in [1.807, 2.05) is 11.8 Å². The number of methoxy groups -OCH3 is 1. The first-order chi connectivity index (χ1) is 16.3. The van der Waals surface area contributed by atoms with Gasteiger partial charge in [0, 0.05) is 61.0 Å². The van der Waals surface area contributed by atoms with Crippen LogP contribution in [0.5, 0.6) is 5.88 Å². The maximum absolute atomic E-state index is 14.4. The first kappa shape index (κ1) is 23.7. The van der Waals surface area contributed by atoms with Crippen molar-refractivity contribution in [2.45, 2.75) is 44.6 Å². The summed E-state index contributed by atoms with van der Waals surface area (Å²) in [5.41, 5.74) is 9.64. The van der Waals surface area contributed by atoms with Crippen LogP contribution in [0.2, 0.25) is 0 Å². The van der Waals surface area contributed by atoms with Crippen molar-refractivity contribution < 1.29 is 13.9 Å². The number of hydrogen-bond acceptors (Lipinski definition) is 7. The van der Waals surface area contributed by atoms with Gasteiger partial charge in [-0.15, -0.1) is 0 Å². The van der Waals surface area contributed by atoms with Crippen LogP contribution in [0.4, 0.5) is 10.2 Å². The number of likely N-dealkylation sites (tertiary alicyclic amines) is 1. The average molecular weight is 467 g/mol. The highest BCUT2D eigenvalue weighted by atomic mass is 19.1. The molecule has 0 aromatic carbocycles. The molecule has 4 rings (SSSR count). The number of nitrogens with two attached hydrogens (primary N) is 1. The van der Waals surface area contributed by atoms with Gasteiger partial charge in [-0.1, -0.05) is 0 Å². The number of ether oxygens (including phenoxy) is 1. The molecule has 2 atom stereocenters. The van der Waals surface area contributed by atoms with Gasteiger partial charge in [-0.25, -0.2) is 14.4 Å². The zero-order chi connectivity index (χ0) is 24.5. The van der Waals surface area contributed by atoms with Gasteiger partial charge in [0.2, 0.25) is 11.8 Å². The molecule has 3 N–H and O–H groups in total. The predicted octanol–water partition coefficient (Wildman–Crippen LogP) is 3.07. The number of amides is 1. The van der Waals surface area contributed by atoms with Crippen molar-refractivity contribution in [3.63, 3.8) is 0 Å². The van der Waals surface area contributed by atoms with E-state index in [0.717, 1.165) is 53.7 Å². The predicted molar refractivity (Wildman–Crippen MR) is 131 cm³/mol. The summed E-state index contributed by atoms with van der Waals surface area (Å²) < 4.78 is 19.5. The van der Waals surface area contributed by atoms with Crippen LogP contribution in [-0.4, -0.2) is 59.8 Å². The van der Waals surface area contributed by atoms with Crippen LogP contribution in [0.1, 0.15) is 48.1 Å². The van der Waals surface area contributed by atoms with E-state index >= 15 is 0 Å². The van der Waals surface area contributed by atoms with Crippen molar-refractivity contribution in [2.75, 3.05) is 32.6 Å². The van der Waals surface area contributed by atoms with Crippen LogP contribution in [0.25, 0.3) is 5.57 Å². The lowest BCUT2D eigenvalue weighted by Crippen LogP contribution is -2.46. The molecule has 0 unspecified atom stereocenters. The number of hydrogen-bond donors (Lipinski definition) is 2. The molecule has 180 valence electrons. The molecule has 0 radical (unpaired) electrons. The van der Waals surface area contributed by atoms with Gasteiger partial charge in [0.15, 0.2) is 0 Å². The maximum atomic E-state index is 14.4. The number of halogens is 1. The Kier molecular flexibility index (Phi) is 6.54. The Morgan fingerprint density at radius 2 is 2.21 bits per heavy atom. The number of aliphatic imine (C=N–C) groups is 1. The summed E-state index contributed by atoms with van der Waals surface area (Å²) in [5.74, 6) is -0.0993. The Labute approximate surface area is 199 Å². The largest absolute Gasteiger partial charge is 0.481 e. The molecular formula is C25H31FN6O2. The first-order valence-electron chi connectivity index (χ1n) is 11.4. The molecular weight excluding hydrogens is 435 g/mol. The number of rotatable bonds is 5. The Morgan fingerprint density at radius 3 is 2.91 bits per heavy atom. The summed E-state index contributed by atoms with van der Waals surface area (Å²) >= 11 is 0. The van der Waals surface area contributed by atoms with Crippen LogP contribution < -0.4 is 15.8 Å². The topological polar surface area (TPSA) is 106 Å². The average Bonchev–Trinajstić information content (AvgIpc) is 3.24. The van der Waals surface area contributed by atoms with Crippen molar-refractivity contribution in [1.82, 2.24) is 14.9 Å². The van der Waals surface area contributed by atoms with Gasteiger partial charge >= 0.3 is 0 Å². The van der Waals surface area contributed by atoms with Crippen molar-refractivity contribution in [3.8, 4) is 5.88 Å². The molecule has 9 heteroatoms. The molecule has 0 aliphatic carbocycles. The second-order valence-electron chi connectivity index (χ2n) is 9.02. The van der Waals surface area contributed by atoms with E-state index in [9.17, 15) is 9.18 Å². The summed E-state index contributed by atoms with van der Waals surface area (Å²) in [7, 11) is 3.18. The Morgan fingerprint density at radius 1 is 1.41 bits per heavy atom. The first-order valence-corrected chi connectivity index (χ1v) is 11.4. The molecule has 0 bridgehead atoms. The molecule has 2 aromatic heterocycles. The molecule has 8 nitrogen and oxygen atoms in total. The third-order valence-electron chi connectivity index (χ3n) is 6.88. The quantitative estimate of drug-likeness (QED) is 0.656. The second kappa shape index (κ2) is 9.40. The molecule has 34 heavy (non-hydrogen) atoms. The number of aromatic nitrogens is 2. The summed E-state index contributed by atoms with van der Waals surface area (Å²) in [6, 6.07) is 3.62. The Hall–Kier alpha value is -3.49. The molecule has 1 saturated heterocycles. The van der Waals surface area contributed by atoms with E-state index in [-0.39, 0.29) is 17.3 Å². The highest BCUT2D eigenvalue weighted by Crippen LogP contribution is 2.38. The van der Waals surface area contributed by atoms with E-state index in [4.69, 9.17) is 15.5 Å². The molecule has 1 amide bonds. The standard InChI is InChI=1S/C25H31FN6O2/c1-15(19-10-22(34-4)29-13-21(19)26)24(33)32-8-7-25(14-32)6-5-17-9-20(18(11-27)12-28-3)16(2)30-23(17)31-25/h9-13,15H,5-8,14,27H2,1-4H3,(H,30,31)/t15-,25-/m1/s1. The number of carbonyl (C=O) groups is 1. The fourth-order valence-electron chi connectivity index (χ4n) is 4.92. The molecule has 2 aliphatic heterocycles. The highest BCUT2D eigenvalue weighted by molar-refractivity contribution is 6.10. The smallest absolute Gasteiger partial charge is 0.230 e. The number of fused-ring (bicyclic) bond motifs is 1. The summed E-state index contributed by atoms with van der Waals surface area (Å²) in [5, 5.41) is 3.63. The van der Waals surface area contributed by atoms with Gasteiger partial charge in [-0.3, -0.25) is 9.79 Å². The SMILES string of the molecule is CN=CC(=CN)c1cc2c(nc1C)N[C@]1(CC2)CCN(C(=O)[C@H](C)c2cc(OC)ncc2F)C1. The van der Waals surface area contributed by atoms with E-state index in [0.29, 0.717) is 18.7 Å². The van der Waals surface area contributed by atoms with Crippen molar-refractivity contribution in [1.29, 1.82) is 0 Å². The fourth-order valence-corrected chi connectivity index (χ4v) is 4.92. The van der Waals surface area contributed by atoms with Gasteiger partial charge in [-0.05, 0) is 44.7 Å². The second-order valence-corrected chi connectivity index (χ2v) is 9.02. The minimum atomic E-state index is -0.632. The van der Waals surface area contributed by atoms with E-state index in [1.165, 1.54) is 13.2 Å². The minimum absolute atomic E-state index is 0.104. The van der Waals surface area contributed by atoms with Crippen molar-refractivity contribution >= 4 is 23.5 Å². The third-order valence-corrected chi connectivity index (χ3v) is 6.88. The molecule has 2 aromatic rings. The lowest BCUT2D eigenvalue weighted by molar-refractivity contribution is -0.131. The lowest BCUT2D eigenvalue weighted by Gasteiger charge is -2.36. The van der Waals surface area contributed by atoms with E-state index < -0.39 is 11.7 Å². The number of allylic oxidation sites excluding steroid dienone is 1. The van der Waals surface area contributed by atoms with Crippen molar-refractivity contribution in [2.24, 2.45) is 10.7 Å². The number of aryl methyl sites for hydroxylation is 2. The van der Waals surface area contributed by atoms with Crippen molar-refractivity contribution in [3.05, 3.63) is 52.7 Å². The van der Waals surface area contributed by atoms with Gasteiger partial charge in [0.05, 0.1) is 24.8 Å². The van der Waals surface area contributed by atoms with Crippen LogP contribution >= 0.6 is 0 Å². The number of nitrogens with one attached hydrogen (secondary N) is 1. The zero-order valence-electron chi connectivity index (χ0n) is 20.1. The molecule has 4 heterocycles. The number of anilines is 1. The van der Waals surface area contributed by atoms with E-state index in [2.05, 4.69) is 21.4 Å². The summed E-state index contributed by atoms with van der Waals surface area (Å²) in [6.07, 6.45) is 6.91. The Bertz CT molecular complexity index is 1160. The van der Waals surface area contributed by atoms with Crippen LogP contribution in [-0.2, 0) is 11.2 Å². The van der Waals surface area contributed by atoms with Crippen LogP contribution in [0.3, 0.4) is 0 Å². The lowest BCUT2D eigenvalue weighted by atomic mass is 9.86. The molecule has 0 saturated carbocycles. The highest BCUT2D eigenvalue weighted by Gasteiger charge is 2.43. The normalized spacial score (nSPS) is 21.0. The third kappa shape index (κ3) is 4.34. The summed E-state index contributed by atoms with van der Waals surface area (Å²) in [4.78, 5) is 27.9. The Balaban J connectivity index is 1.52. The zero-order valence-corrected chi connectivity index (χ0v) is 20.1. The van der Waals surface area contributed by atoms with Crippen LogP contribution in [0.15, 0.2) is 29.5 Å². The van der Waals surface area contributed by atoms with Gasteiger partial charge in [0.1, 0.15) is 11.6 Å². The van der Waals surface area contributed by atoms with Gasteiger partial charge < -0.3 is 20.7 Å². The summed E-state index contributed by atoms with van der Waals surface area (Å²) in [6.45, 7) is 4.84. The number of pyridine rings is 2. The molecule has 1 spiro atoms. The number of nitrogens with zero attached hydrogens (tertiary/aromatic N) is 4. The minimum Gasteiger partial charge on any atom is -0.481 e. The number of carbonyl (C=O) groups excluding carboxylic acids is 1. The van der Waals surface area contributed by atoms with Crippen LogP contribution in [0, 0.1) is 12.7 Å². The van der Waals surface area contributed by atoms with Gasteiger partial charge in [-0.2, -0.15) is 0 Å². The molecule has 1 fully saturated rings. The van der Waals surface area contributed by atoms with Gasteiger partial charge in [0.25, 0.3) is 0 Å².